The first kappa shape index (κ1) is 18.9. The van der Waals surface area contributed by atoms with Crippen LogP contribution < -0.4 is 0 Å². The average Bonchev–Trinajstić information content (AvgIpc) is 2.43. The predicted octanol–water partition coefficient (Wildman–Crippen LogP) is 4.01. The summed E-state index contributed by atoms with van der Waals surface area (Å²) in [4.78, 5) is 23.2. The summed E-state index contributed by atoms with van der Waals surface area (Å²) in [5.41, 5.74) is 0. The zero-order valence-electron chi connectivity index (χ0n) is 13.3. The lowest BCUT2D eigenvalue weighted by atomic mass is 10.2. The molecular weight excluding hydrogens is 256 g/mol. The summed E-state index contributed by atoms with van der Waals surface area (Å²) in [7, 11) is 0. The lowest BCUT2D eigenvalue weighted by molar-refractivity contribution is -0.155. The van der Waals surface area contributed by atoms with Crippen LogP contribution in [-0.4, -0.2) is 24.6 Å². The highest BCUT2D eigenvalue weighted by atomic mass is 16.6. The second kappa shape index (κ2) is 12.9. The minimum Gasteiger partial charge on any atom is -0.466 e. The van der Waals surface area contributed by atoms with Gasteiger partial charge in [-0.05, 0) is 19.3 Å². The SMILES string of the molecule is CCCCCOC(=O)CC(CC)OC(=O)CCCCC. The van der Waals surface area contributed by atoms with Crippen molar-refractivity contribution in [3.63, 3.8) is 0 Å². The number of hydrogen-bond donors (Lipinski definition) is 0. The molecule has 0 aromatic carbocycles. The van der Waals surface area contributed by atoms with Crippen LogP contribution in [0, 0.1) is 0 Å². The van der Waals surface area contributed by atoms with Crippen LogP contribution in [0.2, 0.25) is 0 Å². The van der Waals surface area contributed by atoms with Crippen LogP contribution in [0.15, 0.2) is 0 Å². The van der Waals surface area contributed by atoms with Gasteiger partial charge in [0.25, 0.3) is 0 Å². The highest BCUT2D eigenvalue weighted by molar-refractivity contribution is 5.72. The maximum Gasteiger partial charge on any atom is 0.309 e. The van der Waals surface area contributed by atoms with Gasteiger partial charge in [0, 0.05) is 6.42 Å². The molecule has 0 spiro atoms. The lowest BCUT2D eigenvalue weighted by Crippen LogP contribution is -2.22. The first-order chi connectivity index (χ1) is 9.63. The van der Waals surface area contributed by atoms with Crippen LogP contribution in [0.1, 0.15) is 78.6 Å². The number of rotatable bonds is 12. The minimum absolute atomic E-state index is 0.169. The molecule has 0 bridgehead atoms. The molecule has 0 fully saturated rings. The lowest BCUT2D eigenvalue weighted by Gasteiger charge is -2.15. The Morgan fingerprint density at radius 3 is 2.15 bits per heavy atom. The summed E-state index contributed by atoms with van der Waals surface area (Å²) < 4.78 is 10.4. The number of carbonyl (C=O) groups is 2. The molecule has 0 N–H and O–H groups in total. The van der Waals surface area contributed by atoms with E-state index in [0.717, 1.165) is 38.5 Å². The Labute approximate surface area is 123 Å². The van der Waals surface area contributed by atoms with Gasteiger partial charge >= 0.3 is 11.9 Å². The van der Waals surface area contributed by atoms with E-state index in [2.05, 4.69) is 13.8 Å². The smallest absolute Gasteiger partial charge is 0.309 e. The van der Waals surface area contributed by atoms with Gasteiger partial charge < -0.3 is 9.47 Å². The summed E-state index contributed by atoms with van der Waals surface area (Å²) in [6.07, 6.45) is 6.94. The molecule has 0 radical (unpaired) electrons. The Bertz CT molecular complexity index is 263. The van der Waals surface area contributed by atoms with Crippen LogP contribution >= 0.6 is 0 Å². The Balaban J connectivity index is 3.83. The van der Waals surface area contributed by atoms with Crippen LogP contribution in [0.4, 0.5) is 0 Å². The van der Waals surface area contributed by atoms with E-state index in [0.29, 0.717) is 19.4 Å². The van der Waals surface area contributed by atoms with E-state index in [4.69, 9.17) is 9.47 Å². The third kappa shape index (κ3) is 10.8. The molecule has 118 valence electrons. The molecule has 0 aromatic rings. The van der Waals surface area contributed by atoms with E-state index in [1.54, 1.807) is 0 Å². The Kier molecular flexibility index (Phi) is 12.3. The third-order valence-electron chi connectivity index (χ3n) is 3.14. The number of carbonyl (C=O) groups excluding carboxylic acids is 2. The maximum absolute atomic E-state index is 11.6. The van der Waals surface area contributed by atoms with Gasteiger partial charge in [0.15, 0.2) is 0 Å². The van der Waals surface area contributed by atoms with E-state index in [1.807, 2.05) is 6.92 Å². The molecule has 1 atom stereocenters. The number of hydrogen-bond acceptors (Lipinski definition) is 4. The zero-order valence-corrected chi connectivity index (χ0v) is 13.3. The topological polar surface area (TPSA) is 52.6 Å². The van der Waals surface area contributed by atoms with Crippen molar-refractivity contribution in [1.29, 1.82) is 0 Å². The largest absolute Gasteiger partial charge is 0.466 e. The molecule has 20 heavy (non-hydrogen) atoms. The molecule has 4 heteroatoms. The average molecular weight is 286 g/mol. The second-order valence-corrected chi connectivity index (χ2v) is 5.11. The Morgan fingerprint density at radius 2 is 1.55 bits per heavy atom. The molecule has 0 aliphatic heterocycles. The van der Waals surface area contributed by atoms with Crippen LogP contribution in [0.3, 0.4) is 0 Å². The molecule has 0 aliphatic carbocycles. The summed E-state index contributed by atoms with van der Waals surface area (Å²) >= 11 is 0. The van der Waals surface area contributed by atoms with Gasteiger partial charge in [-0.25, -0.2) is 0 Å². The standard InChI is InChI=1S/C16H30O4/c1-4-7-9-11-15(17)20-14(6-3)13-16(18)19-12-10-8-5-2/h14H,4-13H2,1-3H3. The fourth-order valence-corrected chi connectivity index (χ4v) is 1.82. The molecular formula is C16H30O4. The normalized spacial score (nSPS) is 11.9. The van der Waals surface area contributed by atoms with E-state index in [-0.39, 0.29) is 24.5 Å². The van der Waals surface area contributed by atoms with Gasteiger partial charge in [-0.2, -0.15) is 0 Å². The monoisotopic (exact) mass is 286 g/mol. The Morgan fingerprint density at radius 1 is 0.900 bits per heavy atom. The molecule has 0 saturated heterocycles. The number of esters is 2. The molecule has 1 unspecified atom stereocenters. The maximum atomic E-state index is 11.6. The summed E-state index contributed by atoms with van der Waals surface area (Å²) in [5, 5.41) is 0. The predicted molar refractivity (Wildman–Crippen MR) is 79.4 cm³/mol. The second-order valence-electron chi connectivity index (χ2n) is 5.11. The summed E-state index contributed by atoms with van der Waals surface area (Å²) in [5.74, 6) is -0.474. The van der Waals surface area contributed by atoms with E-state index in [9.17, 15) is 9.59 Å². The molecule has 0 aliphatic rings. The molecule has 0 rings (SSSR count). The third-order valence-corrected chi connectivity index (χ3v) is 3.14. The first-order valence-corrected chi connectivity index (χ1v) is 7.99. The van der Waals surface area contributed by atoms with Gasteiger partial charge in [-0.1, -0.05) is 46.5 Å². The van der Waals surface area contributed by atoms with Gasteiger partial charge in [0.1, 0.15) is 6.10 Å². The van der Waals surface area contributed by atoms with Crippen molar-refractivity contribution in [2.24, 2.45) is 0 Å². The van der Waals surface area contributed by atoms with Crippen LogP contribution in [0.25, 0.3) is 0 Å². The van der Waals surface area contributed by atoms with E-state index in [1.165, 1.54) is 0 Å². The van der Waals surface area contributed by atoms with Crippen molar-refractivity contribution in [3.8, 4) is 0 Å². The summed E-state index contributed by atoms with van der Waals surface area (Å²) in [6.45, 7) is 6.57. The molecule has 0 amide bonds. The first-order valence-electron chi connectivity index (χ1n) is 7.99. The quantitative estimate of drug-likeness (QED) is 0.402. The van der Waals surface area contributed by atoms with Crippen molar-refractivity contribution in [2.45, 2.75) is 84.7 Å². The van der Waals surface area contributed by atoms with E-state index >= 15 is 0 Å². The zero-order chi connectivity index (χ0) is 15.2. The van der Waals surface area contributed by atoms with Crippen molar-refractivity contribution in [3.05, 3.63) is 0 Å². The fraction of sp³-hybridized carbons (Fsp3) is 0.875. The molecule has 0 aromatic heterocycles. The van der Waals surface area contributed by atoms with Gasteiger partial charge in [0.05, 0.1) is 13.0 Å². The van der Waals surface area contributed by atoms with Crippen LogP contribution in [-0.2, 0) is 19.1 Å². The van der Waals surface area contributed by atoms with Crippen molar-refractivity contribution < 1.29 is 19.1 Å². The van der Waals surface area contributed by atoms with Gasteiger partial charge in [-0.3, -0.25) is 9.59 Å². The molecule has 4 nitrogen and oxygen atoms in total. The van der Waals surface area contributed by atoms with Crippen molar-refractivity contribution in [1.82, 2.24) is 0 Å². The van der Waals surface area contributed by atoms with E-state index < -0.39 is 0 Å². The Hall–Kier alpha value is -1.06. The summed E-state index contributed by atoms with van der Waals surface area (Å²) in [6, 6.07) is 0. The molecule has 0 saturated carbocycles. The fourth-order valence-electron chi connectivity index (χ4n) is 1.82. The van der Waals surface area contributed by atoms with Crippen molar-refractivity contribution in [2.75, 3.05) is 6.61 Å². The highest BCUT2D eigenvalue weighted by Crippen LogP contribution is 2.09. The number of ether oxygens (including phenoxy) is 2. The van der Waals surface area contributed by atoms with Crippen LogP contribution in [0.5, 0.6) is 0 Å². The molecule has 0 heterocycles. The van der Waals surface area contributed by atoms with Crippen molar-refractivity contribution >= 4 is 11.9 Å². The highest BCUT2D eigenvalue weighted by Gasteiger charge is 2.17. The van der Waals surface area contributed by atoms with Gasteiger partial charge in [0.2, 0.25) is 0 Å². The number of unbranched alkanes of at least 4 members (excludes halogenated alkanes) is 4. The van der Waals surface area contributed by atoms with Gasteiger partial charge in [-0.15, -0.1) is 0 Å². The minimum atomic E-state index is -0.345.